The minimum Gasteiger partial charge on any atom is -0.504 e. The average Bonchev–Trinajstić information content (AvgIpc) is 3.04. The molecule has 1 heterocycles. The van der Waals surface area contributed by atoms with Crippen LogP contribution in [0.3, 0.4) is 0 Å². The number of benzene rings is 2. The van der Waals surface area contributed by atoms with Gasteiger partial charge in [-0.05, 0) is 48.4 Å². The molecular weight excluding hydrogens is 364 g/mol. The average molecular weight is 384 g/mol. The molecule has 27 heavy (non-hydrogen) atoms. The standard InChI is InChI=1S/C19H20N4O3S/c1-4-12-9-15(17(26)16(25)10-12)18-20-21-19(27)23(18)14-7-5-13(6-8-14)22(3)11(2)24/h5-10,25-26H,4H2,1-3H3,(H,21,27). The molecule has 0 aliphatic rings. The molecule has 1 amide bonds. The first-order chi connectivity index (χ1) is 12.8. The molecule has 140 valence electrons. The minimum atomic E-state index is -0.262. The lowest BCUT2D eigenvalue weighted by atomic mass is 10.1. The zero-order chi connectivity index (χ0) is 19.7. The largest absolute Gasteiger partial charge is 0.504 e. The summed E-state index contributed by atoms with van der Waals surface area (Å²) < 4.78 is 1.66. The summed E-state index contributed by atoms with van der Waals surface area (Å²) in [5.41, 5.74) is 2.68. The van der Waals surface area contributed by atoms with Gasteiger partial charge in [0.2, 0.25) is 5.91 Å². The number of thiol groups is 1. The Hall–Kier alpha value is -3.00. The highest BCUT2D eigenvalue weighted by atomic mass is 32.1. The van der Waals surface area contributed by atoms with Crippen molar-refractivity contribution in [3.05, 3.63) is 42.0 Å². The first-order valence-corrected chi connectivity index (χ1v) is 8.82. The zero-order valence-corrected chi connectivity index (χ0v) is 16.1. The highest BCUT2D eigenvalue weighted by molar-refractivity contribution is 7.80. The molecule has 1 aromatic heterocycles. The van der Waals surface area contributed by atoms with Gasteiger partial charge in [-0.3, -0.25) is 9.36 Å². The van der Waals surface area contributed by atoms with Gasteiger partial charge in [-0.25, -0.2) is 0 Å². The molecule has 3 rings (SSSR count). The Kier molecular flexibility index (Phi) is 5.09. The second-order valence-electron chi connectivity index (χ2n) is 6.12. The van der Waals surface area contributed by atoms with E-state index in [0.29, 0.717) is 28.7 Å². The molecule has 7 nitrogen and oxygen atoms in total. The van der Waals surface area contributed by atoms with E-state index in [2.05, 4.69) is 22.8 Å². The van der Waals surface area contributed by atoms with Gasteiger partial charge in [-0.15, -0.1) is 22.8 Å². The van der Waals surface area contributed by atoms with Crippen molar-refractivity contribution in [1.82, 2.24) is 14.8 Å². The van der Waals surface area contributed by atoms with Crippen molar-refractivity contribution in [3.63, 3.8) is 0 Å². The summed E-state index contributed by atoms with van der Waals surface area (Å²) in [4.78, 5) is 13.1. The maximum absolute atomic E-state index is 11.5. The summed E-state index contributed by atoms with van der Waals surface area (Å²) in [6.45, 7) is 3.45. The monoisotopic (exact) mass is 384 g/mol. The number of carbonyl (C=O) groups is 1. The summed E-state index contributed by atoms with van der Waals surface area (Å²) in [6.07, 6.45) is 0.689. The number of aryl methyl sites for hydroxylation is 1. The lowest BCUT2D eigenvalue weighted by Gasteiger charge is -2.16. The SMILES string of the molecule is CCc1cc(O)c(O)c(-c2nnc(S)n2-c2ccc(N(C)C(C)=O)cc2)c1. The number of rotatable bonds is 4. The molecule has 8 heteroatoms. The summed E-state index contributed by atoms with van der Waals surface area (Å²) in [7, 11) is 1.70. The van der Waals surface area contributed by atoms with Crippen LogP contribution in [-0.2, 0) is 11.2 Å². The van der Waals surface area contributed by atoms with Crippen LogP contribution in [0.4, 0.5) is 5.69 Å². The molecular formula is C19H20N4O3S. The van der Waals surface area contributed by atoms with E-state index in [9.17, 15) is 15.0 Å². The van der Waals surface area contributed by atoms with Gasteiger partial charge < -0.3 is 15.1 Å². The van der Waals surface area contributed by atoms with Crippen LogP contribution < -0.4 is 4.90 Å². The van der Waals surface area contributed by atoms with E-state index in [-0.39, 0.29) is 17.4 Å². The van der Waals surface area contributed by atoms with E-state index in [1.54, 1.807) is 29.8 Å². The number of hydrogen-bond acceptors (Lipinski definition) is 6. The molecule has 0 spiro atoms. The van der Waals surface area contributed by atoms with E-state index >= 15 is 0 Å². The topological polar surface area (TPSA) is 91.5 Å². The summed E-state index contributed by atoms with van der Waals surface area (Å²) >= 11 is 4.37. The molecule has 2 N–H and O–H groups in total. The van der Waals surface area contributed by atoms with Crippen molar-refractivity contribution >= 4 is 24.2 Å². The number of carbonyl (C=O) groups excluding carboxylic acids is 1. The molecule has 0 unspecified atom stereocenters. The van der Waals surface area contributed by atoms with Crippen molar-refractivity contribution in [2.24, 2.45) is 0 Å². The van der Waals surface area contributed by atoms with Gasteiger partial charge in [0.05, 0.1) is 5.56 Å². The van der Waals surface area contributed by atoms with Crippen LogP contribution in [0.5, 0.6) is 11.5 Å². The van der Waals surface area contributed by atoms with Crippen LogP contribution in [0.1, 0.15) is 19.4 Å². The van der Waals surface area contributed by atoms with Crippen molar-refractivity contribution in [2.75, 3.05) is 11.9 Å². The Morgan fingerprint density at radius 1 is 1.19 bits per heavy atom. The molecule has 0 aliphatic carbocycles. The van der Waals surface area contributed by atoms with Gasteiger partial charge in [-0.1, -0.05) is 6.92 Å². The van der Waals surface area contributed by atoms with Crippen LogP contribution in [-0.4, -0.2) is 37.9 Å². The predicted molar refractivity (Wildman–Crippen MR) is 106 cm³/mol. The molecule has 0 atom stereocenters. The highest BCUT2D eigenvalue weighted by Crippen LogP contribution is 2.38. The first kappa shape index (κ1) is 18.8. The zero-order valence-electron chi connectivity index (χ0n) is 15.2. The molecule has 0 fully saturated rings. The number of phenols is 2. The first-order valence-electron chi connectivity index (χ1n) is 8.37. The molecule has 0 saturated carbocycles. The molecule has 0 bridgehead atoms. The third kappa shape index (κ3) is 3.48. The van der Waals surface area contributed by atoms with Gasteiger partial charge >= 0.3 is 0 Å². The van der Waals surface area contributed by atoms with Gasteiger partial charge in [0.1, 0.15) is 0 Å². The lowest BCUT2D eigenvalue weighted by molar-refractivity contribution is -0.116. The highest BCUT2D eigenvalue weighted by Gasteiger charge is 2.19. The fourth-order valence-corrected chi connectivity index (χ4v) is 3.00. The van der Waals surface area contributed by atoms with Crippen molar-refractivity contribution in [3.8, 4) is 28.6 Å². The molecule has 0 aliphatic heterocycles. The van der Waals surface area contributed by atoms with Gasteiger partial charge in [-0.2, -0.15) is 0 Å². The second kappa shape index (κ2) is 7.32. The van der Waals surface area contributed by atoms with E-state index < -0.39 is 0 Å². The number of phenolic OH excluding ortho intramolecular Hbond substituents is 2. The number of amides is 1. The maximum Gasteiger partial charge on any atom is 0.223 e. The Labute approximate surface area is 162 Å². The summed E-state index contributed by atoms with van der Waals surface area (Å²) in [6, 6.07) is 10.5. The molecule has 2 aromatic carbocycles. The molecule has 0 saturated heterocycles. The van der Waals surface area contributed by atoms with Crippen LogP contribution in [0, 0.1) is 0 Å². The maximum atomic E-state index is 11.5. The normalized spacial score (nSPS) is 10.8. The molecule has 0 radical (unpaired) electrons. The Morgan fingerprint density at radius 2 is 1.85 bits per heavy atom. The lowest BCUT2D eigenvalue weighted by Crippen LogP contribution is -2.22. The minimum absolute atomic E-state index is 0.0700. The quantitative estimate of drug-likeness (QED) is 0.475. The fraction of sp³-hybridized carbons (Fsp3) is 0.211. The number of aromatic nitrogens is 3. The third-order valence-corrected chi connectivity index (χ3v) is 4.70. The van der Waals surface area contributed by atoms with Crippen LogP contribution in [0.2, 0.25) is 0 Å². The van der Waals surface area contributed by atoms with Crippen molar-refractivity contribution in [2.45, 2.75) is 25.4 Å². The van der Waals surface area contributed by atoms with E-state index in [0.717, 1.165) is 11.3 Å². The smallest absolute Gasteiger partial charge is 0.223 e. The van der Waals surface area contributed by atoms with Gasteiger partial charge in [0.15, 0.2) is 22.5 Å². The Bertz CT molecular complexity index is 999. The van der Waals surface area contributed by atoms with E-state index in [4.69, 9.17) is 0 Å². The number of nitrogens with zero attached hydrogens (tertiary/aromatic N) is 4. The fourth-order valence-electron chi connectivity index (χ4n) is 2.75. The van der Waals surface area contributed by atoms with Gasteiger partial charge in [0.25, 0.3) is 0 Å². The number of hydrogen-bond donors (Lipinski definition) is 3. The predicted octanol–water partition coefficient (Wildman–Crippen LogP) is 3.18. The Balaban J connectivity index is 2.12. The second-order valence-corrected chi connectivity index (χ2v) is 6.52. The van der Waals surface area contributed by atoms with Crippen LogP contribution in [0.25, 0.3) is 17.1 Å². The summed E-state index contributed by atoms with van der Waals surface area (Å²) in [5.74, 6) is -0.185. The number of anilines is 1. The molecule has 3 aromatic rings. The summed E-state index contributed by atoms with van der Waals surface area (Å²) in [5, 5.41) is 28.8. The van der Waals surface area contributed by atoms with Crippen LogP contribution >= 0.6 is 12.6 Å². The number of aromatic hydroxyl groups is 2. The van der Waals surface area contributed by atoms with Gasteiger partial charge in [0, 0.05) is 25.3 Å². The third-order valence-electron chi connectivity index (χ3n) is 4.41. The van der Waals surface area contributed by atoms with Crippen molar-refractivity contribution < 1.29 is 15.0 Å². The van der Waals surface area contributed by atoms with Crippen LogP contribution in [0.15, 0.2) is 41.6 Å². The van der Waals surface area contributed by atoms with Crippen molar-refractivity contribution in [1.29, 1.82) is 0 Å². The van der Waals surface area contributed by atoms with E-state index in [1.165, 1.54) is 17.9 Å². The Morgan fingerprint density at radius 3 is 2.44 bits per heavy atom. The van der Waals surface area contributed by atoms with E-state index in [1.807, 2.05) is 19.1 Å².